The zero-order valence-corrected chi connectivity index (χ0v) is 26.4. The Labute approximate surface area is 251 Å². The Morgan fingerprint density at radius 1 is 0.821 bits per heavy atom. The number of para-hydroxylation sites is 3. The van der Waals surface area contributed by atoms with Crippen LogP contribution >= 0.6 is 28.7 Å². The first-order valence-corrected chi connectivity index (χ1v) is 15.6. The van der Waals surface area contributed by atoms with Crippen molar-refractivity contribution in [3.05, 3.63) is 65.2 Å². The number of ether oxygens (including phenoxy) is 1. The van der Waals surface area contributed by atoms with Crippen molar-refractivity contribution in [2.75, 3.05) is 23.1 Å². The van der Waals surface area contributed by atoms with Crippen molar-refractivity contribution in [1.29, 1.82) is 0 Å². The van der Waals surface area contributed by atoms with Gasteiger partial charge in [0.25, 0.3) is 0 Å². The highest BCUT2D eigenvalue weighted by Crippen LogP contribution is 2.28. The number of anilines is 2. The first-order chi connectivity index (χ1) is 18.7. The van der Waals surface area contributed by atoms with Crippen LogP contribution in [0.4, 0.5) is 16.2 Å². The van der Waals surface area contributed by atoms with E-state index in [4.69, 9.17) is 4.74 Å². The second-order valence-electron chi connectivity index (χ2n) is 10.2. The summed E-state index contributed by atoms with van der Waals surface area (Å²) in [6.45, 7) is 5.83. The molecule has 2 N–H and O–H groups in total. The van der Waals surface area contributed by atoms with Crippen LogP contribution in [0, 0.1) is 0 Å². The lowest BCUT2D eigenvalue weighted by Crippen LogP contribution is -2.22. The first kappa shape index (κ1) is 33.1. The van der Waals surface area contributed by atoms with Gasteiger partial charge in [0.1, 0.15) is 5.75 Å². The third kappa shape index (κ3) is 13.2. The van der Waals surface area contributed by atoms with Crippen molar-refractivity contribution in [2.24, 2.45) is 0 Å². The molecule has 0 saturated carbocycles. The minimum absolute atomic E-state index is 0. The second kappa shape index (κ2) is 19.9. The van der Waals surface area contributed by atoms with Crippen LogP contribution in [0.25, 0.3) is 0 Å². The van der Waals surface area contributed by atoms with Crippen molar-refractivity contribution in [3.63, 3.8) is 0 Å². The first-order valence-electron chi connectivity index (χ1n) is 14.6. The van der Waals surface area contributed by atoms with Crippen LogP contribution in [0.3, 0.4) is 0 Å². The monoisotopic (exact) mass is 617 g/mol. The molecule has 2 amide bonds. The second-order valence-corrected chi connectivity index (χ2v) is 11.4. The van der Waals surface area contributed by atoms with Gasteiger partial charge in [-0.2, -0.15) is 0 Å². The predicted octanol–water partition coefficient (Wildman–Crippen LogP) is 10.4. The quantitative estimate of drug-likeness (QED) is 0.163. The molecule has 0 unspecified atom stereocenters. The minimum atomic E-state index is -0.263. The SMILES string of the molecule is Br.CCCCCCCCCCCCCCOc1ccccc1NC(=O)Nc1ccccc1CN1C=C(C)SC1. The van der Waals surface area contributed by atoms with Crippen molar-refractivity contribution >= 4 is 46.1 Å². The van der Waals surface area contributed by atoms with E-state index < -0.39 is 0 Å². The molecular weight excluding hydrogens is 570 g/mol. The Hall–Kier alpha value is -2.12. The molecule has 1 aliphatic rings. The average Bonchev–Trinajstić information content (AvgIpc) is 3.33. The van der Waals surface area contributed by atoms with Crippen LogP contribution in [0.5, 0.6) is 5.75 Å². The van der Waals surface area contributed by atoms with E-state index in [0.29, 0.717) is 18.0 Å². The molecule has 0 saturated heterocycles. The number of hydrogen-bond donors (Lipinski definition) is 2. The average molecular weight is 619 g/mol. The van der Waals surface area contributed by atoms with Crippen LogP contribution in [0.2, 0.25) is 0 Å². The summed E-state index contributed by atoms with van der Waals surface area (Å²) in [5.74, 6) is 1.66. The molecular formula is C32H48BrN3O2S. The smallest absolute Gasteiger partial charge is 0.323 e. The number of nitrogens with zero attached hydrogens (tertiary/aromatic N) is 1. The molecule has 1 heterocycles. The molecule has 39 heavy (non-hydrogen) atoms. The Bertz CT molecular complexity index is 1000. The number of rotatable bonds is 18. The molecule has 7 heteroatoms. The molecule has 0 fully saturated rings. The predicted molar refractivity (Wildman–Crippen MR) is 174 cm³/mol. The Morgan fingerprint density at radius 3 is 2.03 bits per heavy atom. The fourth-order valence-electron chi connectivity index (χ4n) is 4.70. The molecule has 1 aliphatic heterocycles. The van der Waals surface area contributed by atoms with E-state index >= 15 is 0 Å². The molecule has 0 bridgehead atoms. The number of hydrogen-bond acceptors (Lipinski definition) is 4. The van der Waals surface area contributed by atoms with E-state index in [2.05, 4.69) is 41.6 Å². The van der Waals surface area contributed by atoms with Gasteiger partial charge >= 0.3 is 6.03 Å². The van der Waals surface area contributed by atoms with Crippen LogP contribution in [-0.2, 0) is 6.54 Å². The van der Waals surface area contributed by atoms with E-state index in [1.165, 1.54) is 75.5 Å². The molecule has 0 aliphatic carbocycles. The third-order valence-electron chi connectivity index (χ3n) is 6.85. The fourth-order valence-corrected chi connectivity index (χ4v) is 5.46. The maximum Gasteiger partial charge on any atom is 0.323 e. The summed E-state index contributed by atoms with van der Waals surface area (Å²) < 4.78 is 6.04. The number of carbonyl (C=O) groups excluding carboxylic acids is 1. The number of urea groups is 1. The summed E-state index contributed by atoms with van der Waals surface area (Å²) in [4.78, 5) is 16.4. The lowest BCUT2D eigenvalue weighted by Gasteiger charge is -2.18. The molecule has 0 radical (unpaired) electrons. The summed E-state index contributed by atoms with van der Waals surface area (Å²) in [7, 11) is 0. The van der Waals surface area contributed by atoms with Crippen molar-refractivity contribution < 1.29 is 9.53 Å². The lowest BCUT2D eigenvalue weighted by molar-refractivity contribution is 0.261. The molecule has 0 aromatic heterocycles. The minimum Gasteiger partial charge on any atom is -0.491 e. The normalized spacial score (nSPS) is 12.6. The largest absolute Gasteiger partial charge is 0.491 e. The van der Waals surface area contributed by atoms with Crippen molar-refractivity contribution in [2.45, 2.75) is 97.4 Å². The van der Waals surface area contributed by atoms with Crippen molar-refractivity contribution in [3.8, 4) is 5.75 Å². The van der Waals surface area contributed by atoms with Gasteiger partial charge in [0.2, 0.25) is 0 Å². The van der Waals surface area contributed by atoms with Crippen LogP contribution in [-0.4, -0.2) is 23.4 Å². The van der Waals surface area contributed by atoms with Gasteiger partial charge in [0.15, 0.2) is 0 Å². The van der Waals surface area contributed by atoms with E-state index in [-0.39, 0.29) is 23.0 Å². The highest BCUT2D eigenvalue weighted by Gasteiger charge is 2.14. The molecule has 0 atom stereocenters. The van der Waals surface area contributed by atoms with Gasteiger partial charge in [-0.1, -0.05) is 108 Å². The summed E-state index contributed by atoms with van der Waals surface area (Å²) in [6.07, 6.45) is 18.0. The Morgan fingerprint density at radius 2 is 1.38 bits per heavy atom. The van der Waals surface area contributed by atoms with Crippen LogP contribution in [0.1, 0.15) is 96.5 Å². The molecule has 5 nitrogen and oxygen atoms in total. The van der Waals surface area contributed by atoms with Gasteiger partial charge in [-0.05, 0) is 42.0 Å². The highest BCUT2D eigenvalue weighted by atomic mass is 79.9. The van der Waals surface area contributed by atoms with Crippen LogP contribution in [0.15, 0.2) is 59.6 Å². The number of halogens is 1. The number of thioether (sulfide) groups is 1. The van der Waals surface area contributed by atoms with E-state index in [1.807, 2.05) is 54.2 Å². The molecule has 2 aromatic carbocycles. The van der Waals surface area contributed by atoms with Crippen LogP contribution < -0.4 is 15.4 Å². The molecule has 2 aromatic rings. The molecule has 216 valence electrons. The summed E-state index contributed by atoms with van der Waals surface area (Å²) in [6, 6.07) is 15.4. The van der Waals surface area contributed by atoms with E-state index in [1.54, 1.807) is 0 Å². The standard InChI is InChI=1S/C32H47N3O2S.BrH/c1-3-4-5-6-7-8-9-10-11-12-13-18-23-37-31-22-17-16-21-30(31)34-32(36)33-29-20-15-14-19-28(29)25-35-24-27(2)38-26-35;/h14-17,19-22,24H,3-13,18,23,25-26H2,1-2H3,(H2,33,34,36);1H. The number of benzene rings is 2. The van der Waals surface area contributed by atoms with E-state index in [9.17, 15) is 4.79 Å². The number of allylic oxidation sites excluding steroid dienone is 1. The summed E-state index contributed by atoms with van der Waals surface area (Å²) >= 11 is 1.84. The van der Waals surface area contributed by atoms with Gasteiger partial charge in [-0.15, -0.1) is 28.7 Å². The van der Waals surface area contributed by atoms with E-state index in [0.717, 1.165) is 30.1 Å². The van der Waals surface area contributed by atoms with Gasteiger partial charge in [0.05, 0.1) is 18.2 Å². The van der Waals surface area contributed by atoms with Gasteiger partial charge in [0, 0.05) is 18.4 Å². The number of carbonyl (C=O) groups is 1. The topological polar surface area (TPSA) is 53.6 Å². The Kier molecular flexibility index (Phi) is 16.9. The number of nitrogens with one attached hydrogen (secondary N) is 2. The van der Waals surface area contributed by atoms with Gasteiger partial charge < -0.3 is 20.3 Å². The third-order valence-corrected chi connectivity index (χ3v) is 7.87. The highest BCUT2D eigenvalue weighted by molar-refractivity contribution is 8.93. The molecule has 3 rings (SSSR count). The fraction of sp³-hybridized carbons (Fsp3) is 0.531. The number of amides is 2. The molecule has 0 spiro atoms. The Balaban J connectivity index is 0.00000533. The zero-order valence-electron chi connectivity index (χ0n) is 23.9. The number of unbranched alkanes of at least 4 members (excludes halogenated alkanes) is 11. The van der Waals surface area contributed by atoms with Crippen molar-refractivity contribution in [1.82, 2.24) is 4.90 Å². The lowest BCUT2D eigenvalue weighted by atomic mass is 10.1. The maximum absolute atomic E-state index is 12.9. The maximum atomic E-state index is 12.9. The summed E-state index contributed by atoms with van der Waals surface area (Å²) in [5.41, 5.74) is 2.60. The van der Waals surface area contributed by atoms with Gasteiger partial charge in [-0.25, -0.2) is 4.79 Å². The van der Waals surface area contributed by atoms with Gasteiger partial charge in [-0.3, -0.25) is 0 Å². The summed E-state index contributed by atoms with van der Waals surface area (Å²) in [5, 5.41) is 6.01. The zero-order chi connectivity index (χ0) is 26.8.